The van der Waals surface area contributed by atoms with E-state index in [1.54, 1.807) is 6.92 Å². The van der Waals surface area contributed by atoms with Gasteiger partial charge in [0.25, 0.3) is 0 Å². The Morgan fingerprint density at radius 2 is 2.19 bits per heavy atom. The van der Waals surface area contributed by atoms with E-state index in [0.29, 0.717) is 10.0 Å². The van der Waals surface area contributed by atoms with Gasteiger partial charge in [-0.3, -0.25) is 0 Å². The molecule has 4 nitrogen and oxygen atoms in total. The highest BCUT2D eigenvalue weighted by Crippen LogP contribution is 2.38. The molecule has 0 saturated heterocycles. The summed E-state index contributed by atoms with van der Waals surface area (Å²) in [6.07, 6.45) is 0. The van der Waals surface area contributed by atoms with Gasteiger partial charge in [-0.1, -0.05) is 21.1 Å². The van der Waals surface area contributed by atoms with Crippen molar-refractivity contribution in [2.75, 3.05) is 5.73 Å². The lowest BCUT2D eigenvalue weighted by Gasteiger charge is -2.07. The molecule has 0 fully saturated rings. The molecular formula is C10H8BrFN2O2. The summed E-state index contributed by atoms with van der Waals surface area (Å²) in [4.78, 5) is 0. The number of nitrogens with zero attached hydrogens (tertiary/aromatic N) is 1. The number of aromatic hydroxyl groups is 1. The Hall–Kier alpha value is -1.56. The van der Waals surface area contributed by atoms with Crippen LogP contribution in [-0.4, -0.2) is 10.3 Å². The zero-order valence-electron chi connectivity index (χ0n) is 8.29. The lowest BCUT2D eigenvalue weighted by molar-refractivity contribution is 0.416. The first kappa shape index (κ1) is 10.9. The highest BCUT2D eigenvalue weighted by Gasteiger charge is 2.18. The van der Waals surface area contributed by atoms with Gasteiger partial charge in [0.2, 0.25) is 0 Å². The van der Waals surface area contributed by atoms with Gasteiger partial charge in [0.15, 0.2) is 23.1 Å². The molecule has 2 rings (SSSR count). The number of hydrogen-bond acceptors (Lipinski definition) is 4. The summed E-state index contributed by atoms with van der Waals surface area (Å²) in [7, 11) is 0. The van der Waals surface area contributed by atoms with E-state index < -0.39 is 11.6 Å². The Bertz CT molecular complexity index is 528. The molecule has 0 unspecified atom stereocenters. The zero-order chi connectivity index (χ0) is 11.9. The van der Waals surface area contributed by atoms with Crippen molar-refractivity contribution in [3.8, 4) is 17.1 Å². The first-order valence-electron chi connectivity index (χ1n) is 4.41. The summed E-state index contributed by atoms with van der Waals surface area (Å²) in [6.45, 7) is 1.72. The first-order valence-corrected chi connectivity index (χ1v) is 5.20. The number of benzene rings is 1. The van der Waals surface area contributed by atoms with Crippen LogP contribution >= 0.6 is 15.9 Å². The van der Waals surface area contributed by atoms with Crippen molar-refractivity contribution in [3.63, 3.8) is 0 Å². The third kappa shape index (κ3) is 1.65. The maximum Gasteiger partial charge on any atom is 0.173 e. The predicted molar refractivity (Wildman–Crippen MR) is 60.4 cm³/mol. The molecule has 0 aliphatic heterocycles. The van der Waals surface area contributed by atoms with E-state index in [0.717, 1.165) is 0 Å². The summed E-state index contributed by atoms with van der Waals surface area (Å²) < 4.78 is 18.8. The quantitative estimate of drug-likeness (QED) is 0.846. The second-order valence-electron chi connectivity index (χ2n) is 3.30. The van der Waals surface area contributed by atoms with E-state index in [1.165, 1.54) is 12.1 Å². The third-order valence-electron chi connectivity index (χ3n) is 2.22. The van der Waals surface area contributed by atoms with Crippen molar-refractivity contribution in [2.45, 2.75) is 6.92 Å². The van der Waals surface area contributed by atoms with Gasteiger partial charge in [-0.05, 0) is 18.6 Å². The third-order valence-corrected chi connectivity index (χ3v) is 3.05. The van der Waals surface area contributed by atoms with Gasteiger partial charge in [-0.25, -0.2) is 4.39 Å². The van der Waals surface area contributed by atoms with E-state index in [4.69, 9.17) is 10.3 Å². The Balaban J connectivity index is 2.73. The fourth-order valence-electron chi connectivity index (χ4n) is 1.41. The summed E-state index contributed by atoms with van der Waals surface area (Å²) >= 11 is 3.19. The molecule has 0 spiro atoms. The number of rotatable bonds is 1. The number of hydrogen-bond donors (Lipinski definition) is 2. The smallest absolute Gasteiger partial charge is 0.173 e. The second-order valence-corrected chi connectivity index (χ2v) is 4.16. The highest BCUT2D eigenvalue weighted by atomic mass is 79.9. The number of anilines is 1. The van der Waals surface area contributed by atoms with Crippen molar-refractivity contribution >= 4 is 21.7 Å². The monoisotopic (exact) mass is 286 g/mol. The largest absolute Gasteiger partial charge is 0.504 e. The van der Waals surface area contributed by atoms with Crippen molar-refractivity contribution in [1.82, 2.24) is 5.16 Å². The number of aromatic nitrogens is 1. The molecule has 0 aliphatic carbocycles. The predicted octanol–water partition coefficient (Wildman–Crippen LogP) is 2.84. The fraction of sp³-hybridized carbons (Fsp3) is 0.100. The molecule has 0 aliphatic rings. The number of nitrogen functional groups attached to an aromatic ring is 1. The van der Waals surface area contributed by atoms with Crippen molar-refractivity contribution < 1.29 is 14.0 Å². The van der Waals surface area contributed by atoms with Crippen molar-refractivity contribution in [1.29, 1.82) is 0 Å². The van der Waals surface area contributed by atoms with Crippen LogP contribution in [0.2, 0.25) is 0 Å². The van der Waals surface area contributed by atoms with Crippen molar-refractivity contribution in [3.05, 3.63) is 28.0 Å². The topological polar surface area (TPSA) is 72.3 Å². The normalized spacial score (nSPS) is 10.7. The minimum absolute atomic E-state index is 0.175. The molecule has 0 radical (unpaired) electrons. The van der Waals surface area contributed by atoms with Crippen molar-refractivity contribution in [2.24, 2.45) is 0 Å². The molecule has 1 aromatic heterocycles. The Morgan fingerprint density at radius 3 is 2.75 bits per heavy atom. The maximum absolute atomic E-state index is 13.3. The van der Waals surface area contributed by atoms with E-state index in [-0.39, 0.29) is 17.1 Å². The van der Waals surface area contributed by atoms with Crippen LogP contribution in [-0.2, 0) is 0 Å². The summed E-state index contributed by atoms with van der Waals surface area (Å²) in [5.74, 6) is -0.804. The number of halogens is 2. The summed E-state index contributed by atoms with van der Waals surface area (Å²) in [6, 6.07) is 2.61. The van der Waals surface area contributed by atoms with Gasteiger partial charge in [-0.15, -0.1) is 0 Å². The van der Waals surface area contributed by atoms with Crippen LogP contribution in [0.5, 0.6) is 5.75 Å². The van der Waals surface area contributed by atoms with Crippen LogP contribution < -0.4 is 5.73 Å². The molecule has 84 valence electrons. The lowest BCUT2D eigenvalue weighted by atomic mass is 10.0. The first-order chi connectivity index (χ1) is 7.50. The highest BCUT2D eigenvalue weighted by molar-refractivity contribution is 9.10. The van der Waals surface area contributed by atoms with E-state index >= 15 is 0 Å². The van der Waals surface area contributed by atoms with Crippen LogP contribution in [0.1, 0.15) is 5.56 Å². The Labute approximate surface area is 99.0 Å². The average Bonchev–Trinajstić information content (AvgIpc) is 2.62. The molecule has 3 N–H and O–H groups in total. The molecule has 6 heteroatoms. The fourth-order valence-corrected chi connectivity index (χ4v) is 1.81. The molecule has 0 bridgehead atoms. The minimum atomic E-state index is -0.734. The summed E-state index contributed by atoms with van der Waals surface area (Å²) in [5.41, 5.74) is 6.29. The number of nitrogens with two attached hydrogens (primary N) is 1. The van der Waals surface area contributed by atoms with Gasteiger partial charge in [0, 0.05) is 10.5 Å². The molecule has 1 heterocycles. The van der Waals surface area contributed by atoms with Crippen LogP contribution in [0.25, 0.3) is 11.3 Å². The zero-order valence-corrected chi connectivity index (χ0v) is 9.88. The van der Waals surface area contributed by atoms with Crippen LogP contribution in [0.15, 0.2) is 21.1 Å². The molecule has 0 saturated carbocycles. The minimum Gasteiger partial charge on any atom is -0.504 e. The van der Waals surface area contributed by atoms with Gasteiger partial charge in [0.05, 0.1) is 5.56 Å². The van der Waals surface area contributed by atoms with Gasteiger partial charge >= 0.3 is 0 Å². The van der Waals surface area contributed by atoms with Crippen LogP contribution in [0.3, 0.4) is 0 Å². The summed E-state index contributed by atoms with van der Waals surface area (Å²) in [5, 5.41) is 13.1. The number of phenols is 1. The molecule has 16 heavy (non-hydrogen) atoms. The standard InChI is InChI=1S/C10H8BrFN2O2/c1-4-5(11)2-6(12)10(15)9(4)7-3-8(13)14-16-7/h2-3,15H,1H3,(H2,13,14). The van der Waals surface area contributed by atoms with Gasteiger partial charge in [0.1, 0.15) is 0 Å². The maximum atomic E-state index is 13.3. The van der Waals surface area contributed by atoms with E-state index in [2.05, 4.69) is 21.1 Å². The molecule has 0 atom stereocenters. The van der Waals surface area contributed by atoms with Crippen LogP contribution in [0, 0.1) is 12.7 Å². The molecule has 1 aromatic carbocycles. The molecular weight excluding hydrogens is 279 g/mol. The lowest BCUT2D eigenvalue weighted by Crippen LogP contribution is -1.88. The molecule has 2 aromatic rings. The molecule has 0 amide bonds. The Kier molecular flexibility index (Phi) is 2.59. The average molecular weight is 287 g/mol. The van der Waals surface area contributed by atoms with E-state index in [9.17, 15) is 9.50 Å². The Morgan fingerprint density at radius 1 is 1.50 bits per heavy atom. The van der Waals surface area contributed by atoms with Gasteiger partial charge < -0.3 is 15.4 Å². The van der Waals surface area contributed by atoms with E-state index in [1.807, 2.05) is 0 Å². The number of phenolic OH excluding ortho intramolecular Hbond substituents is 1. The van der Waals surface area contributed by atoms with Gasteiger partial charge in [-0.2, -0.15) is 0 Å². The van der Waals surface area contributed by atoms with Crippen LogP contribution in [0.4, 0.5) is 10.2 Å². The SMILES string of the molecule is Cc1c(Br)cc(F)c(O)c1-c1cc(N)no1. The second kappa shape index (κ2) is 3.79.